The van der Waals surface area contributed by atoms with E-state index >= 15 is 0 Å². The van der Waals surface area contributed by atoms with Crippen LogP contribution in [0.15, 0.2) is 42.5 Å². The molecular weight excluding hydrogens is 385 g/mol. The van der Waals surface area contributed by atoms with Gasteiger partial charge in [0.05, 0.1) is 11.4 Å². The summed E-state index contributed by atoms with van der Waals surface area (Å²) in [6, 6.07) is 11.4. The van der Waals surface area contributed by atoms with Crippen LogP contribution in [-0.4, -0.2) is 31.5 Å². The van der Waals surface area contributed by atoms with Gasteiger partial charge in [-0.25, -0.2) is 4.39 Å². The lowest BCUT2D eigenvalue weighted by Gasteiger charge is -2.30. The van der Waals surface area contributed by atoms with Gasteiger partial charge in [0.2, 0.25) is 5.91 Å². The SMILES string of the molecule is O=C(COc1cccc(NC(=O)C2CC2)c1)Nc1cc(F)ccc1N1CCCCC1. The lowest BCUT2D eigenvalue weighted by molar-refractivity contribution is -0.118. The number of carbonyl (C=O) groups is 2. The topological polar surface area (TPSA) is 70.7 Å². The van der Waals surface area contributed by atoms with Crippen LogP contribution in [0.4, 0.5) is 21.5 Å². The van der Waals surface area contributed by atoms with Crippen molar-refractivity contribution in [3.63, 3.8) is 0 Å². The Morgan fingerprint density at radius 3 is 2.60 bits per heavy atom. The van der Waals surface area contributed by atoms with E-state index in [9.17, 15) is 14.0 Å². The molecule has 2 fully saturated rings. The molecule has 0 radical (unpaired) electrons. The van der Waals surface area contributed by atoms with E-state index in [-0.39, 0.29) is 24.3 Å². The van der Waals surface area contributed by atoms with E-state index in [4.69, 9.17) is 4.74 Å². The fraction of sp³-hybridized carbons (Fsp3) is 0.391. The highest BCUT2D eigenvalue weighted by molar-refractivity contribution is 5.95. The number of benzene rings is 2. The Morgan fingerprint density at radius 2 is 1.83 bits per heavy atom. The van der Waals surface area contributed by atoms with Gasteiger partial charge in [-0.2, -0.15) is 0 Å². The highest BCUT2D eigenvalue weighted by atomic mass is 19.1. The van der Waals surface area contributed by atoms with Gasteiger partial charge in [0.25, 0.3) is 5.91 Å². The van der Waals surface area contributed by atoms with Crippen LogP contribution in [0.5, 0.6) is 5.75 Å². The molecule has 4 rings (SSSR count). The molecule has 0 unspecified atom stereocenters. The second-order valence-electron chi connectivity index (χ2n) is 7.84. The van der Waals surface area contributed by atoms with E-state index in [1.54, 1.807) is 30.3 Å². The fourth-order valence-corrected chi connectivity index (χ4v) is 3.61. The molecule has 7 heteroatoms. The molecule has 1 heterocycles. The van der Waals surface area contributed by atoms with Crippen LogP contribution in [0, 0.1) is 11.7 Å². The zero-order chi connectivity index (χ0) is 20.9. The fourth-order valence-electron chi connectivity index (χ4n) is 3.61. The van der Waals surface area contributed by atoms with Crippen molar-refractivity contribution in [3.05, 3.63) is 48.3 Å². The lowest BCUT2D eigenvalue weighted by atomic mass is 10.1. The van der Waals surface area contributed by atoms with E-state index in [0.717, 1.165) is 44.5 Å². The molecule has 2 aliphatic rings. The number of ether oxygens (including phenoxy) is 1. The molecule has 2 aromatic rings. The minimum Gasteiger partial charge on any atom is -0.484 e. The van der Waals surface area contributed by atoms with Crippen LogP contribution < -0.4 is 20.3 Å². The summed E-state index contributed by atoms with van der Waals surface area (Å²) in [6.45, 7) is 1.57. The molecule has 0 spiro atoms. The lowest BCUT2D eigenvalue weighted by Crippen LogP contribution is -2.31. The molecule has 0 bridgehead atoms. The molecule has 2 N–H and O–H groups in total. The number of hydrogen-bond donors (Lipinski definition) is 2. The summed E-state index contributed by atoms with van der Waals surface area (Å²) in [4.78, 5) is 26.5. The van der Waals surface area contributed by atoms with E-state index in [0.29, 0.717) is 17.1 Å². The Labute approximate surface area is 175 Å². The van der Waals surface area contributed by atoms with Crippen molar-refractivity contribution in [1.82, 2.24) is 0 Å². The number of nitrogens with zero attached hydrogens (tertiary/aromatic N) is 1. The van der Waals surface area contributed by atoms with Crippen molar-refractivity contribution in [2.24, 2.45) is 5.92 Å². The zero-order valence-electron chi connectivity index (χ0n) is 16.8. The second-order valence-corrected chi connectivity index (χ2v) is 7.84. The highest BCUT2D eigenvalue weighted by Gasteiger charge is 2.29. The third-order valence-corrected chi connectivity index (χ3v) is 5.35. The normalized spacial score (nSPS) is 16.1. The molecule has 0 aromatic heterocycles. The number of amides is 2. The van der Waals surface area contributed by atoms with Gasteiger partial charge in [-0.3, -0.25) is 9.59 Å². The molecule has 2 aromatic carbocycles. The largest absolute Gasteiger partial charge is 0.484 e. The van der Waals surface area contributed by atoms with E-state index < -0.39 is 5.82 Å². The first-order valence-electron chi connectivity index (χ1n) is 10.5. The summed E-state index contributed by atoms with van der Waals surface area (Å²) in [5.41, 5.74) is 1.92. The molecule has 6 nitrogen and oxygen atoms in total. The number of hydrogen-bond acceptors (Lipinski definition) is 4. The van der Waals surface area contributed by atoms with Crippen molar-refractivity contribution in [1.29, 1.82) is 0 Å². The Balaban J connectivity index is 1.36. The maximum atomic E-state index is 13.8. The Hall–Kier alpha value is -3.09. The second kappa shape index (κ2) is 9.15. The van der Waals surface area contributed by atoms with Crippen molar-refractivity contribution in [3.8, 4) is 5.75 Å². The summed E-state index contributed by atoms with van der Waals surface area (Å²) >= 11 is 0. The average Bonchev–Trinajstić information content (AvgIpc) is 3.59. The summed E-state index contributed by atoms with van der Waals surface area (Å²) in [5, 5.41) is 5.63. The zero-order valence-corrected chi connectivity index (χ0v) is 16.8. The van der Waals surface area contributed by atoms with Crippen LogP contribution in [0.1, 0.15) is 32.1 Å². The molecule has 2 amide bonds. The number of piperidine rings is 1. The Kier molecular flexibility index (Phi) is 6.16. The molecule has 30 heavy (non-hydrogen) atoms. The predicted octanol–water partition coefficient (Wildman–Crippen LogP) is 4.18. The van der Waals surface area contributed by atoms with Gasteiger partial charge in [-0.15, -0.1) is 0 Å². The van der Waals surface area contributed by atoms with Crippen LogP contribution in [0.3, 0.4) is 0 Å². The monoisotopic (exact) mass is 411 g/mol. The molecule has 1 aliphatic carbocycles. The highest BCUT2D eigenvalue weighted by Crippen LogP contribution is 2.31. The molecule has 1 aliphatic heterocycles. The number of halogens is 1. The molecule has 0 atom stereocenters. The Bertz CT molecular complexity index is 924. The van der Waals surface area contributed by atoms with Crippen molar-refractivity contribution in [2.75, 3.05) is 35.2 Å². The van der Waals surface area contributed by atoms with Crippen LogP contribution in [0.25, 0.3) is 0 Å². The summed E-state index contributed by atoms with van der Waals surface area (Å²) < 4.78 is 19.4. The summed E-state index contributed by atoms with van der Waals surface area (Å²) in [5.74, 6) is -0.159. The van der Waals surface area contributed by atoms with Gasteiger partial charge in [0.1, 0.15) is 11.6 Å². The van der Waals surface area contributed by atoms with Gasteiger partial charge in [0.15, 0.2) is 6.61 Å². The van der Waals surface area contributed by atoms with Crippen LogP contribution in [-0.2, 0) is 9.59 Å². The maximum Gasteiger partial charge on any atom is 0.262 e. The summed E-state index contributed by atoms with van der Waals surface area (Å²) in [6.07, 6.45) is 5.22. The number of anilines is 3. The van der Waals surface area contributed by atoms with Crippen molar-refractivity contribution in [2.45, 2.75) is 32.1 Å². The quantitative estimate of drug-likeness (QED) is 0.717. The van der Waals surface area contributed by atoms with E-state index in [1.165, 1.54) is 18.6 Å². The van der Waals surface area contributed by atoms with Crippen LogP contribution in [0.2, 0.25) is 0 Å². The average molecular weight is 411 g/mol. The standard InChI is InChI=1S/C23H26FN3O3/c24-17-9-10-21(27-11-2-1-3-12-27)20(13-17)26-22(28)15-30-19-6-4-5-18(14-19)25-23(29)16-7-8-16/h4-6,9-10,13-14,16H,1-3,7-8,11-12,15H2,(H,25,29)(H,26,28). The summed E-state index contributed by atoms with van der Waals surface area (Å²) in [7, 11) is 0. The van der Waals surface area contributed by atoms with E-state index in [1.807, 2.05) is 0 Å². The van der Waals surface area contributed by atoms with Crippen LogP contribution >= 0.6 is 0 Å². The minimum absolute atomic E-state index is 0.0150. The minimum atomic E-state index is -0.397. The first-order chi connectivity index (χ1) is 14.6. The predicted molar refractivity (Wildman–Crippen MR) is 114 cm³/mol. The van der Waals surface area contributed by atoms with E-state index in [2.05, 4.69) is 15.5 Å². The molecule has 158 valence electrons. The third-order valence-electron chi connectivity index (χ3n) is 5.35. The molecule has 1 saturated heterocycles. The molecular formula is C23H26FN3O3. The number of rotatable bonds is 7. The van der Waals surface area contributed by atoms with Gasteiger partial charge in [0, 0.05) is 30.8 Å². The number of nitrogens with one attached hydrogen (secondary N) is 2. The van der Waals surface area contributed by atoms with Gasteiger partial charge >= 0.3 is 0 Å². The first-order valence-corrected chi connectivity index (χ1v) is 10.5. The maximum absolute atomic E-state index is 13.8. The third kappa shape index (κ3) is 5.28. The number of carbonyl (C=O) groups excluding carboxylic acids is 2. The Morgan fingerprint density at radius 1 is 1.03 bits per heavy atom. The van der Waals surface area contributed by atoms with Gasteiger partial charge < -0.3 is 20.3 Å². The van der Waals surface area contributed by atoms with Crippen molar-refractivity contribution < 1.29 is 18.7 Å². The molecule has 1 saturated carbocycles. The van der Waals surface area contributed by atoms with Gasteiger partial charge in [-0.05, 0) is 62.4 Å². The first kappa shape index (κ1) is 20.2. The van der Waals surface area contributed by atoms with Gasteiger partial charge in [-0.1, -0.05) is 6.07 Å². The van der Waals surface area contributed by atoms with Crippen molar-refractivity contribution >= 4 is 28.9 Å². The smallest absolute Gasteiger partial charge is 0.262 e.